The number of benzene rings is 2. The van der Waals surface area contributed by atoms with E-state index in [9.17, 15) is 14.4 Å². The number of hydrogen-bond donors (Lipinski definition) is 2. The highest BCUT2D eigenvalue weighted by Crippen LogP contribution is 2.55. The summed E-state index contributed by atoms with van der Waals surface area (Å²) in [6.45, 7) is 0.382. The zero-order valence-corrected chi connectivity index (χ0v) is 22.7. The van der Waals surface area contributed by atoms with E-state index in [4.69, 9.17) is 4.74 Å². The van der Waals surface area contributed by atoms with E-state index in [1.807, 2.05) is 66.7 Å². The van der Waals surface area contributed by atoms with Gasteiger partial charge in [0.25, 0.3) is 0 Å². The molecule has 2 bridgehead atoms. The average molecular weight is 579 g/mol. The summed E-state index contributed by atoms with van der Waals surface area (Å²) in [5.41, 5.74) is 0.599. The smallest absolute Gasteiger partial charge is 0.246 e. The first-order chi connectivity index (χ1) is 18.5. The van der Waals surface area contributed by atoms with Gasteiger partial charge in [-0.2, -0.15) is 0 Å². The summed E-state index contributed by atoms with van der Waals surface area (Å²) in [7, 11) is 0. The van der Waals surface area contributed by atoms with E-state index in [1.165, 1.54) is 6.42 Å². The van der Waals surface area contributed by atoms with Crippen molar-refractivity contribution in [2.45, 2.75) is 62.3 Å². The molecule has 6 rings (SSSR count). The molecule has 198 valence electrons. The summed E-state index contributed by atoms with van der Waals surface area (Å²) in [6.07, 6.45) is 9.08. The van der Waals surface area contributed by atoms with Gasteiger partial charge >= 0.3 is 0 Å². The predicted octanol–water partition coefficient (Wildman–Crippen LogP) is 4.23. The highest BCUT2D eigenvalue weighted by Gasteiger charge is 2.72. The third kappa shape index (κ3) is 4.47. The number of nitrogens with one attached hydrogen (secondary N) is 2. The Morgan fingerprint density at radius 1 is 1.00 bits per heavy atom. The van der Waals surface area contributed by atoms with Gasteiger partial charge in [0.05, 0.1) is 17.9 Å². The topological polar surface area (TPSA) is 87.7 Å². The molecule has 2 saturated heterocycles. The van der Waals surface area contributed by atoms with Gasteiger partial charge in [0, 0.05) is 22.7 Å². The van der Waals surface area contributed by atoms with Crippen LogP contribution in [0.1, 0.15) is 37.7 Å². The van der Waals surface area contributed by atoms with E-state index in [0.717, 1.165) is 35.7 Å². The first-order valence-corrected chi connectivity index (χ1v) is 14.3. The van der Waals surface area contributed by atoms with Crippen molar-refractivity contribution in [1.82, 2.24) is 10.2 Å². The summed E-state index contributed by atoms with van der Waals surface area (Å²) in [4.78, 5) is 43.2. The first-order valence-electron chi connectivity index (χ1n) is 13.5. The van der Waals surface area contributed by atoms with Gasteiger partial charge in [-0.25, -0.2) is 0 Å². The van der Waals surface area contributed by atoms with Gasteiger partial charge in [0.1, 0.15) is 11.6 Å². The second kappa shape index (κ2) is 10.3. The largest absolute Gasteiger partial charge is 0.359 e. The van der Waals surface area contributed by atoms with Crippen LogP contribution in [-0.2, 0) is 25.5 Å². The van der Waals surface area contributed by atoms with Gasteiger partial charge in [0.15, 0.2) is 0 Å². The maximum Gasteiger partial charge on any atom is 0.246 e. The third-order valence-corrected chi connectivity index (χ3v) is 9.00. The summed E-state index contributed by atoms with van der Waals surface area (Å²) in [5.74, 6) is -2.08. The molecule has 8 heteroatoms. The number of rotatable bonds is 7. The minimum atomic E-state index is -1.14. The number of nitrogens with zero attached hydrogens (tertiary/aromatic N) is 1. The Hall–Kier alpha value is -2.97. The zero-order chi connectivity index (χ0) is 26.3. The Kier molecular flexibility index (Phi) is 6.86. The van der Waals surface area contributed by atoms with Crippen molar-refractivity contribution in [1.29, 1.82) is 0 Å². The second-order valence-corrected chi connectivity index (χ2v) is 11.7. The van der Waals surface area contributed by atoms with Crippen LogP contribution in [0.15, 0.2) is 71.2 Å². The monoisotopic (exact) mass is 577 g/mol. The molecule has 3 heterocycles. The lowest BCUT2D eigenvalue weighted by Gasteiger charge is -2.34. The zero-order valence-electron chi connectivity index (χ0n) is 21.1. The number of halogens is 1. The van der Waals surface area contributed by atoms with Crippen molar-refractivity contribution in [3.05, 3.63) is 76.8 Å². The van der Waals surface area contributed by atoms with Crippen molar-refractivity contribution in [3.8, 4) is 0 Å². The normalized spacial score (nSPS) is 29.9. The Labute approximate surface area is 231 Å². The quantitative estimate of drug-likeness (QED) is 0.482. The van der Waals surface area contributed by atoms with Crippen LogP contribution in [0.2, 0.25) is 0 Å². The Morgan fingerprint density at radius 2 is 1.74 bits per heavy atom. The molecule has 2 aromatic rings. The number of ether oxygens (including phenoxy) is 1. The lowest BCUT2D eigenvalue weighted by Crippen LogP contribution is -2.56. The van der Waals surface area contributed by atoms with Crippen LogP contribution < -0.4 is 10.6 Å². The van der Waals surface area contributed by atoms with E-state index in [2.05, 4.69) is 26.6 Å². The van der Waals surface area contributed by atoms with Crippen LogP contribution in [0.5, 0.6) is 0 Å². The molecular formula is C30H32BrN3O4. The van der Waals surface area contributed by atoms with Crippen molar-refractivity contribution < 1.29 is 19.1 Å². The van der Waals surface area contributed by atoms with E-state index < -0.39 is 29.6 Å². The second-order valence-electron chi connectivity index (χ2n) is 10.8. The molecule has 7 nitrogen and oxygen atoms in total. The van der Waals surface area contributed by atoms with Crippen LogP contribution in [0, 0.1) is 11.8 Å². The molecule has 2 N–H and O–H groups in total. The lowest BCUT2D eigenvalue weighted by molar-refractivity contribution is -0.141. The molecule has 38 heavy (non-hydrogen) atoms. The van der Waals surface area contributed by atoms with Gasteiger partial charge in [0.2, 0.25) is 17.7 Å². The number of amides is 3. The first kappa shape index (κ1) is 25.3. The number of fused-ring (bicyclic) bond motifs is 1. The van der Waals surface area contributed by atoms with Gasteiger partial charge in [-0.3, -0.25) is 14.4 Å². The number of hydrogen-bond acceptors (Lipinski definition) is 4. The van der Waals surface area contributed by atoms with Crippen LogP contribution in [0.3, 0.4) is 0 Å². The molecule has 5 atom stereocenters. The average Bonchev–Trinajstić information content (AvgIpc) is 3.57. The molecule has 5 unspecified atom stereocenters. The molecule has 1 spiro atoms. The van der Waals surface area contributed by atoms with Crippen molar-refractivity contribution in [2.75, 3.05) is 11.9 Å². The maximum atomic E-state index is 14.1. The Morgan fingerprint density at radius 3 is 2.47 bits per heavy atom. The van der Waals surface area contributed by atoms with E-state index >= 15 is 0 Å². The fraction of sp³-hybridized carbons (Fsp3) is 0.433. The molecule has 1 saturated carbocycles. The minimum absolute atomic E-state index is 0.108. The molecule has 3 amide bonds. The summed E-state index contributed by atoms with van der Waals surface area (Å²) < 4.78 is 7.36. The highest BCUT2D eigenvalue weighted by atomic mass is 79.9. The van der Waals surface area contributed by atoms with Crippen LogP contribution in [0.4, 0.5) is 5.69 Å². The van der Waals surface area contributed by atoms with E-state index in [-0.39, 0.29) is 23.8 Å². The van der Waals surface area contributed by atoms with Gasteiger partial charge in [-0.15, -0.1) is 0 Å². The van der Waals surface area contributed by atoms with Gasteiger partial charge in [-0.1, -0.05) is 77.7 Å². The molecule has 0 radical (unpaired) electrons. The third-order valence-electron chi connectivity index (χ3n) is 8.47. The van der Waals surface area contributed by atoms with Crippen molar-refractivity contribution in [3.63, 3.8) is 0 Å². The standard InChI is InChI=1S/C30H32BrN3O4/c31-20-11-13-22(14-12-20)32-27(35)24-23-15-17-30(38-23)25(24)29(37)34(18-16-19-7-3-1-4-8-19)26(30)28(36)33-21-9-5-2-6-10-21/h1,3-4,7-8,11-15,17,21,23-26H,2,5-6,9-10,16,18H2,(H,32,35)(H,33,36). The highest BCUT2D eigenvalue weighted by molar-refractivity contribution is 9.10. The number of carbonyl (C=O) groups is 3. The van der Waals surface area contributed by atoms with Crippen LogP contribution >= 0.6 is 15.9 Å². The van der Waals surface area contributed by atoms with Crippen LogP contribution in [-0.4, -0.2) is 53.0 Å². The molecule has 4 aliphatic rings. The Balaban J connectivity index is 1.29. The minimum Gasteiger partial charge on any atom is -0.359 e. The SMILES string of the molecule is O=C(Nc1ccc(Br)cc1)C1C2C=CC3(O2)C1C(=O)N(CCc1ccccc1)C3C(=O)NC1CCCCC1. The molecule has 2 aromatic carbocycles. The van der Waals surface area contributed by atoms with Gasteiger partial charge in [-0.05, 0) is 49.1 Å². The summed E-state index contributed by atoms with van der Waals surface area (Å²) >= 11 is 3.41. The molecule has 3 aliphatic heterocycles. The predicted molar refractivity (Wildman–Crippen MR) is 147 cm³/mol. The van der Waals surface area contributed by atoms with E-state index in [0.29, 0.717) is 18.7 Å². The fourth-order valence-corrected chi connectivity index (χ4v) is 6.95. The molecule has 1 aliphatic carbocycles. The van der Waals surface area contributed by atoms with Gasteiger partial charge < -0.3 is 20.3 Å². The Bertz CT molecular complexity index is 1240. The number of likely N-dealkylation sites (tertiary alicyclic amines) is 1. The van der Waals surface area contributed by atoms with E-state index in [1.54, 1.807) is 4.90 Å². The lowest BCUT2D eigenvalue weighted by atomic mass is 9.74. The maximum absolute atomic E-state index is 14.1. The fourth-order valence-electron chi connectivity index (χ4n) is 6.69. The molecule has 3 fully saturated rings. The number of anilines is 1. The summed E-state index contributed by atoms with van der Waals surface area (Å²) in [6, 6.07) is 16.6. The number of carbonyl (C=O) groups excluding carboxylic acids is 3. The van der Waals surface area contributed by atoms with Crippen molar-refractivity contribution in [2.24, 2.45) is 11.8 Å². The molecular weight excluding hydrogens is 546 g/mol. The molecule has 0 aromatic heterocycles. The van der Waals surface area contributed by atoms with Crippen molar-refractivity contribution >= 4 is 39.3 Å². The summed E-state index contributed by atoms with van der Waals surface area (Å²) in [5, 5.41) is 6.20. The van der Waals surface area contributed by atoms with Crippen LogP contribution in [0.25, 0.3) is 0 Å².